The Morgan fingerprint density at radius 2 is 1.90 bits per heavy atom. The molecule has 0 saturated carbocycles. The smallest absolute Gasteiger partial charge is 0.290 e. The molecule has 0 radical (unpaired) electrons. The first kappa shape index (κ1) is 19.4. The summed E-state index contributed by atoms with van der Waals surface area (Å²) in [5, 5.41) is 10.6. The number of benzene rings is 1. The molecular weight excluding hydrogens is 375 g/mol. The third-order valence-corrected chi connectivity index (χ3v) is 5.57. The van der Waals surface area contributed by atoms with Crippen molar-refractivity contribution in [2.75, 3.05) is 26.2 Å². The Kier molecular flexibility index (Phi) is 5.24. The molecule has 2 aromatic rings. The third-order valence-electron chi connectivity index (χ3n) is 5.57. The number of amides is 1. The summed E-state index contributed by atoms with van der Waals surface area (Å²) in [5.74, 6) is -1.90. The Labute approximate surface area is 168 Å². The monoisotopic (exact) mass is 398 g/mol. The lowest BCUT2D eigenvalue weighted by Crippen LogP contribution is -2.38. The number of aryl methyl sites for hydroxylation is 1. The van der Waals surface area contributed by atoms with Crippen LogP contribution in [0.25, 0.3) is 0 Å². The zero-order chi connectivity index (χ0) is 20.5. The molecule has 0 bridgehead atoms. The van der Waals surface area contributed by atoms with Crippen LogP contribution in [0, 0.1) is 12.7 Å². The number of rotatable bonds is 6. The third kappa shape index (κ3) is 3.58. The molecule has 1 aromatic heterocycles. The second kappa shape index (κ2) is 7.83. The van der Waals surface area contributed by atoms with Crippen molar-refractivity contribution in [3.8, 4) is 0 Å². The normalized spacial score (nSPS) is 20.1. The maximum absolute atomic E-state index is 14.7. The van der Waals surface area contributed by atoms with Crippen molar-refractivity contribution in [2.45, 2.75) is 25.8 Å². The highest BCUT2D eigenvalue weighted by atomic mass is 19.1. The fraction of sp³-hybridized carbons (Fsp3) is 0.364. The van der Waals surface area contributed by atoms with Gasteiger partial charge in [0, 0.05) is 18.7 Å². The van der Waals surface area contributed by atoms with Gasteiger partial charge in [-0.2, -0.15) is 0 Å². The summed E-state index contributed by atoms with van der Waals surface area (Å²) in [4.78, 5) is 29.5. The van der Waals surface area contributed by atoms with Gasteiger partial charge in [-0.05, 0) is 51.1 Å². The lowest BCUT2D eigenvalue weighted by molar-refractivity contribution is -0.129. The van der Waals surface area contributed by atoms with E-state index in [9.17, 15) is 19.1 Å². The lowest BCUT2D eigenvalue weighted by atomic mass is 9.94. The minimum Gasteiger partial charge on any atom is -0.503 e. The molecule has 1 atom stereocenters. The van der Waals surface area contributed by atoms with Gasteiger partial charge in [0.05, 0.1) is 11.6 Å². The van der Waals surface area contributed by atoms with Crippen LogP contribution in [-0.4, -0.2) is 52.8 Å². The molecule has 1 fully saturated rings. The van der Waals surface area contributed by atoms with Crippen LogP contribution in [0.2, 0.25) is 0 Å². The molecule has 1 saturated heterocycles. The standard InChI is InChI=1S/C22H23FN2O4/c1-14-8-9-17(29-14)20(26)18-19(15-6-2-3-7-16(15)23)25(22(28)21(18)27)13-12-24-10-4-5-11-24/h2-3,6-9,19,27H,4-5,10-13H2,1H3. The molecular formula is C22H23FN2O4. The summed E-state index contributed by atoms with van der Waals surface area (Å²) in [6.07, 6.45) is 2.21. The zero-order valence-electron chi connectivity index (χ0n) is 16.2. The second-order valence-corrected chi connectivity index (χ2v) is 7.47. The van der Waals surface area contributed by atoms with Crippen molar-refractivity contribution in [1.82, 2.24) is 9.80 Å². The average molecular weight is 398 g/mol. The van der Waals surface area contributed by atoms with Crippen molar-refractivity contribution in [3.05, 3.63) is 70.6 Å². The van der Waals surface area contributed by atoms with Crippen LogP contribution in [0.1, 0.15) is 40.8 Å². The molecule has 6 nitrogen and oxygen atoms in total. The molecule has 2 aliphatic heterocycles. The maximum Gasteiger partial charge on any atom is 0.290 e. The minimum absolute atomic E-state index is 0.0135. The number of furan rings is 1. The highest BCUT2D eigenvalue weighted by Gasteiger charge is 2.45. The molecule has 0 spiro atoms. The largest absolute Gasteiger partial charge is 0.503 e. The van der Waals surface area contributed by atoms with E-state index < -0.39 is 29.3 Å². The molecule has 1 unspecified atom stereocenters. The summed E-state index contributed by atoms with van der Waals surface area (Å²) >= 11 is 0. The van der Waals surface area contributed by atoms with Crippen molar-refractivity contribution in [1.29, 1.82) is 0 Å². The number of Topliss-reactive ketones (excluding diaryl/α,β-unsaturated/α-hetero) is 1. The number of nitrogens with zero attached hydrogens (tertiary/aromatic N) is 2. The molecule has 1 amide bonds. The maximum atomic E-state index is 14.7. The van der Waals surface area contributed by atoms with Crippen molar-refractivity contribution in [2.24, 2.45) is 0 Å². The van der Waals surface area contributed by atoms with Gasteiger partial charge >= 0.3 is 0 Å². The summed E-state index contributed by atoms with van der Waals surface area (Å²) in [5.41, 5.74) is 0.0359. The van der Waals surface area contributed by atoms with Gasteiger partial charge < -0.3 is 19.3 Å². The Morgan fingerprint density at radius 3 is 2.55 bits per heavy atom. The van der Waals surface area contributed by atoms with Gasteiger partial charge in [0.25, 0.3) is 5.91 Å². The van der Waals surface area contributed by atoms with Gasteiger partial charge in [0.15, 0.2) is 11.5 Å². The fourth-order valence-electron chi connectivity index (χ4n) is 4.08. The lowest BCUT2D eigenvalue weighted by Gasteiger charge is -2.28. The van der Waals surface area contributed by atoms with Crippen LogP contribution in [-0.2, 0) is 4.79 Å². The van der Waals surface area contributed by atoms with Crippen molar-refractivity contribution in [3.63, 3.8) is 0 Å². The van der Waals surface area contributed by atoms with Crippen LogP contribution in [0.4, 0.5) is 4.39 Å². The Hall–Kier alpha value is -2.93. The molecule has 2 aliphatic rings. The van der Waals surface area contributed by atoms with E-state index in [1.807, 2.05) is 0 Å². The summed E-state index contributed by atoms with van der Waals surface area (Å²) in [6, 6.07) is 8.14. The summed E-state index contributed by atoms with van der Waals surface area (Å²) < 4.78 is 20.1. The van der Waals surface area contributed by atoms with E-state index in [1.54, 1.807) is 25.1 Å². The topological polar surface area (TPSA) is 74.0 Å². The minimum atomic E-state index is -0.996. The number of carbonyl (C=O) groups excluding carboxylic acids is 2. The fourth-order valence-corrected chi connectivity index (χ4v) is 4.08. The van der Waals surface area contributed by atoms with E-state index in [1.165, 1.54) is 23.1 Å². The first-order chi connectivity index (χ1) is 14.0. The number of ketones is 1. The molecule has 152 valence electrons. The molecule has 7 heteroatoms. The van der Waals surface area contributed by atoms with Crippen LogP contribution < -0.4 is 0 Å². The number of hydrogen-bond acceptors (Lipinski definition) is 5. The van der Waals surface area contributed by atoms with E-state index in [2.05, 4.69) is 4.90 Å². The number of aliphatic hydroxyl groups excluding tert-OH is 1. The molecule has 0 aliphatic carbocycles. The zero-order valence-corrected chi connectivity index (χ0v) is 16.2. The highest BCUT2D eigenvalue weighted by Crippen LogP contribution is 2.40. The number of halogens is 1. The van der Waals surface area contributed by atoms with E-state index >= 15 is 0 Å². The predicted molar refractivity (Wildman–Crippen MR) is 104 cm³/mol. The number of aliphatic hydroxyl groups is 1. The van der Waals surface area contributed by atoms with Crippen molar-refractivity contribution >= 4 is 11.7 Å². The van der Waals surface area contributed by atoms with Crippen LogP contribution in [0.15, 0.2) is 52.1 Å². The molecule has 3 heterocycles. The van der Waals surface area contributed by atoms with Crippen LogP contribution in [0.5, 0.6) is 0 Å². The van der Waals surface area contributed by atoms with Gasteiger partial charge in [-0.1, -0.05) is 18.2 Å². The van der Waals surface area contributed by atoms with E-state index in [4.69, 9.17) is 4.42 Å². The molecule has 29 heavy (non-hydrogen) atoms. The van der Waals surface area contributed by atoms with E-state index in [0.717, 1.165) is 25.9 Å². The Balaban J connectivity index is 1.72. The van der Waals surface area contributed by atoms with Gasteiger partial charge in [-0.3, -0.25) is 9.59 Å². The first-order valence-corrected chi connectivity index (χ1v) is 9.79. The van der Waals surface area contributed by atoms with Gasteiger partial charge in [0.1, 0.15) is 11.6 Å². The molecule has 1 N–H and O–H groups in total. The van der Waals surface area contributed by atoms with Crippen LogP contribution >= 0.6 is 0 Å². The highest BCUT2D eigenvalue weighted by molar-refractivity contribution is 6.15. The summed E-state index contributed by atoms with van der Waals surface area (Å²) in [7, 11) is 0. The first-order valence-electron chi connectivity index (χ1n) is 9.79. The quantitative estimate of drug-likeness (QED) is 0.755. The summed E-state index contributed by atoms with van der Waals surface area (Å²) in [6.45, 7) is 4.48. The number of hydrogen-bond donors (Lipinski definition) is 1. The molecule has 4 rings (SSSR count). The Bertz CT molecular complexity index is 975. The van der Waals surface area contributed by atoms with Gasteiger partial charge in [0.2, 0.25) is 5.78 Å². The predicted octanol–water partition coefficient (Wildman–Crippen LogP) is 3.40. The van der Waals surface area contributed by atoms with Gasteiger partial charge in [-0.15, -0.1) is 0 Å². The SMILES string of the molecule is Cc1ccc(C(=O)C2=C(O)C(=O)N(CCN3CCCC3)C2c2ccccc2F)o1. The number of likely N-dealkylation sites (tertiary alicyclic amines) is 1. The second-order valence-electron chi connectivity index (χ2n) is 7.47. The van der Waals surface area contributed by atoms with E-state index in [0.29, 0.717) is 12.3 Å². The average Bonchev–Trinajstić information content (AvgIpc) is 3.42. The van der Waals surface area contributed by atoms with Crippen LogP contribution in [0.3, 0.4) is 0 Å². The van der Waals surface area contributed by atoms with Gasteiger partial charge in [-0.25, -0.2) is 4.39 Å². The van der Waals surface area contributed by atoms with Crippen molar-refractivity contribution < 1.29 is 23.5 Å². The Morgan fingerprint density at radius 1 is 1.17 bits per heavy atom. The molecule has 1 aromatic carbocycles. The number of carbonyl (C=O) groups is 2. The van der Waals surface area contributed by atoms with E-state index in [-0.39, 0.29) is 23.4 Å².